The number of carbonyl (C=O) groups is 1. The van der Waals surface area contributed by atoms with Gasteiger partial charge in [0.2, 0.25) is 5.91 Å². The van der Waals surface area contributed by atoms with Crippen molar-refractivity contribution in [2.24, 2.45) is 16.3 Å². The van der Waals surface area contributed by atoms with Gasteiger partial charge in [-0.2, -0.15) is 0 Å². The molecule has 6 heteroatoms. The minimum Gasteiger partial charge on any atom is -0.409 e. The Labute approximate surface area is 127 Å². The number of amidine groups is 1. The standard InChI is InChI=1S/C14H20BrN3O2/c1-4-14(5-2,12(16)18-20)13(19)17-10-8-6-7-9(3)11(10)15/h6-8,20H,4-5H2,1-3H3,(H2,16,18)(H,17,19). The molecule has 0 saturated carbocycles. The van der Waals surface area contributed by atoms with Gasteiger partial charge >= 0.3 is 0 Å². The molecule has 0 aliphatic carbocycles. The van der Waals surface area contributed by atoms with E-state index in [-0.39, 0.29) is 11.7 Å². The number of hydrogen-bond donors (Lipinski definition) is 3. The van der Waals surface area contributed by atoms with Crippen LogP contribution in [0.1, 0.15) is 32.3 Å². The first kappa shape index (κ1) is 16.5. The Bertz CT molecular complexity index is 525. The largest absolute Gasteiger partial charge is 0.409 e. The van der Waals surface area contributed by atoms with Crippen molar-refractivity contribution in [1.29, 1.82) is 0 Å². The zero-order chi connectivity index (χ0) is 15.3. The highest BCUT2D eigenvalue weighted by Gasteiger charge is 2.40. The number of carbonyl (C=O) groups excluding carboxylic acids is 1. The van der Waals surface area contributed by atoms with E-state index in [1.54, 1.807) is 6.07 Å². The average Bonchev–Trinajstić information content (AvgIpc) is 2.45. The minimum absolute atomic E-state index is 0.0659. The Morgan fingerprint density at radius 2 is 2.05 bits per heavy atom. The molecule has 0 aromatic heterocycles. The van der Waals surface area contributed by atoms with Crippen LogP contribution < -0.4 is 11.1 Å². The van der Waals surface area contributed by atoms with Crippen molar-refractivity contribution >= 4 is 33.4 Å². The van der Waals surface area contributed by atoms with Crippen molar-refractivity contribution in [3.63, 3.8) is 0 Å². The summed E-state index contributed by atoms with van der Waals surface area (Å²) in [5, 5.41) is 14.8. The molecule has 1 amide bonds. The maximum atomic E-state index is 12.6. The lowest BCUT2D eigenvalue weighted by atomic mass is 9.80. The van der Waals surface area contributed by atoms with Crippen LogP contribution in [0.4, 0.5) is 5.69 Å². The van der Waals surface area contributed by atoms with Gasteiger partial charge in [-0.15, -0.1) is 0 Å². The van der Waals surface area contributed by atoms with Gasteiger partial charge in [-0.3, -0.25) is 4.79 Å². The van der Waals surface area contributed by atoms with Crippen LogP contribution in [0.3, 0.4) is 0 Å². The monoisotopic (exact) mass is 341 g/mol. The van der Waals surface area contributed by atoms with E-state index in [1.807, 2.05) is 32.9 Å². The number of nitrogens with two attached hydrogens (primary N) is 1. The Hall–Kier alpha value is -1.56. The van der Waals surface area contributed by atoms with Crippen molar-refractivity contribution in [1.82, 2.24) is 0 Å². The predicted octanol–water partition coefficient (Wildman–Crippen LogP) is 3.25. The minimum atomic E-state index is -1.00. The summed E-state index contributed by atoms with van der Waals surface area (Å²) in [6.45, 7) is 5.62. The molecule has 0 saturated heterocycles. The van der Waals surface area contributed by atoms with Crippen molar-refractivity contribution in [3.8, 4) is 0 Å². The zero-order valence-electron chi connectivity index (χ0n) is 11.9. The summed E-state index contributed by atoms with van der Waals surface area (Å²) in [5.74, 6) is -0.340. The number of anilines is 1. The lowest BCUT2D eigenvalue weighted by Gasteiger charge is -2.28. The van der Waals surface area contributed by atoms with E-state index in [0.717, 1.165) is 10.0 Å². The lowest BCUT2D eigenvalue weighted by Crippen LogP contribution is -2.46. The molecular weight excluding hydrogens is 322 g/mol. The normalized spacial score (nSPS) is 12.3. The molecule has 5 nitrogen and oxygen atoms in total. The second-order valence-corrected chi connectivity index (χ2v) is 5.46. The number of nitrogens with one attached hydrogen (secondary N) is 1. The number of rotatable bonds is 5. The van der Waals surface area contributed by atoms with E-state index in [2.05, 4.69) is 26.4 Å². The molecule has 110 valence electrons. The fourth-order valence-electron chi connectivity index (χ4n) is 2.13. The molecule has 0 aliphatic heterocycles. The van der Waals surface area contributed by atoms with Crippen molar-refractivity contribution in [2.45, 2.75) is 33.6 Å². The van der Waals surface area contributed by atoms with E-state index in [9.17, 15) is 4.79 Å². The van der Waals surface area contributed by atoms with Crippen molar-refractivity contribution in [3.05, 3.63) is 28.2 Å². The third-order valence-electron chi connectivity index (χ3n) is 3.68. The number of aryl methyl sites for hydroxylation is 1. The van der Waals surface area contributed by atoms with Gasteiger partial charge in [0.05, 0.1) is 5.69 Å². The summed E-state index contributed by atoms with van der Waals surface area (Å²) >= 11 is 3.45. The quantitative estimate of drug-likeness (QED) is 0.332. The maximum absolute atomic E-state index is 12.6. The maximum Gasteiger partial charge on any atom is 0.238 e. The van der Waals surface area contributed by atoms with Gasteiger partial charge < -0.3 is 16.3 Å². The summed E-state index contributed by atoms with van der Waals surface area (Å²) in [5.41, 5.74) is 6.41. The molecule has 1 aromatic carbocycles. The van der Waals surface area contributed by atoms with E-state index in [0.29, 0.717) is 18.5 Å². The third kappa shape index (κ3) is 2.95. The van der Waals surface area contributed by atoms with Crippen molar-refractivity contribution in [2.75, 3.05) is 5.32 Å². The Morgan fingerprint density at radius 1 is 1.45 bits per heavy atom. The SMILES string of the molecule is CCC(CC)(C(=O)Nc1cccc(C)c1Br)/C(N)=N/O. The molecule has 0 atom stereocenters. The Balaban J connectivity index is 3.13. The molecule has 0 fully saturated rings. The third-order valence-corrected chi connectivity index (χ3v) is 4.73. The summed E-state index contributed by atoms with van der Waals surface area (Å²) in [4.78, 5) is 12.6. The van der Waals surface area contributed by atoms with Gasteiger partial charge in [-0.1, -0.05) is 31.1 Å². The molecule has 0 heterocycles. The number of benzene rings is 1. The van der Waals surface area contributed by atoms with Crippen molar-refractivity contribution < 1.29 is 10.0 Å². The van der Waals surface area contributed by atoms with Gasteiger partial charge in [0.15, 0.2) is 5.84 Å². The summed E-state index contributed by atoms with van der Waals surface area (Å²) in [6.07, 6.45) is 0.906. The summed E-state index contributed by atoms with van der Waals surface area (Å²) in [7, 11) is 0. The van der Waals surface area contributed by atoms with Crippen LogP contribution in [0.2, 0.25) is 0 Å². The van der Waals surface area contributed by atoms with Crippen LogP contribution in [0, 0.1) is 12.3 Å². The Morgan fingerprint density at radius 3 is 2.55 bits per heavy atom. The smallest absolute Gasteiger partial charge is 0.238 e. The molecule has 0 radical (unpaired) electrons. The van der Waals surface area contributed by atoms with Gasteiger partial charge in [0, 0.05) is 4.47 Å². The highest BCUT2D eigenvalue weighted by molar-refractivity contribution is 9.10. The fourth-order valence-corrected chi connectivity index (χ4v) is 2.49. The number of nitrogens with zero attached hydrogens (tertiary/aromatic N) is 1. The van der Waals surface area contributed by atoms with Crippen LogP contribution in [0.25, 0.3) is 0 Å². The second-order valence-electron chi connectivity index (χ2n) is 4.67. The molecule has 0 bridgehead atoms. The highest BCUT2D eigenvalue weighted by Crippen LogP contribution is 2.31. The molecule has 0 aliphatic rings. The summed E-state index contributed by atoms with van der Waals surface area (Å²) in [6, 6.07) is 5.60. The molecule has 20 heavy (non-hydrogen) atoms. The van der Waals surface area contributed by atoms with E-state index in [4.69, 9.17) is 10.9 Å². The average molecular weight is 342 g/mol. The first-order valence-corrected chi connectivity index (χ1v) is 7.26. The number of oxime groups is 1. The molecule has 1 rings (SSSR count). The topological polar surface area (TPSA) is 87.7 Å². The van der Waals surface area contributed by atoms with Crippen LogP contribution >= 0.6 is 15.9 Å². The number of hydrogen-bond acceptors (Lipinski definition) is 3. The first-order valence-electron chi connectivity index (χ1n) is 6.47. The van der Waals surface area contributed by atoms with Gasteiger partial charge in [0.25, 0.3) is 0 Å². The highest BCUT2D eigenvalue weighted by atomic mass is 79.9. The second kappa shape index (κ2) is 6.74. The van der Waals surface area contributed by atoms with Gasteiger partial charge in [-0.05, 0) is 47.3 Å². The first-order chi connectivity index (χ1) is 9.42. The number of amides is 1. The van der Waals surface area contributed by atoms with Crippen LogP contribution in [0.15, 0.2) is 27.8 Å². The lowest BCUT2D eigenvalue weighted by molar-refractivity contribution is -0.122. The van der Waals surface area contributed by atoms with E-state index >= 15 is 0 Å². The molecular formula is C14H20BrN3O2. The van der Waals surface area contributed by atoms with Crippen LogP contribution in [-0.2, 0) is 4.79 Å². The van der Waals surface area contributed by atoms with Gasteiger partial charge in [0.1, 0.15) is 5.41 Å². The predicted molar refractivity (Wildman–Crippen MR) is 83.9 cm³/mol. The fraction of sp³-hybridized carbons (Fsp3) is 0.429. The molecule has 0 spiro atoms. The summed E-state index contributed by atoms with van der Waals surface area (Å²) < 4.78 is 0.828. The molecule has 1 aromatic rings. The van der Waals surface area contributed by atoms with Crippen LogP contribution in [0.5, 0.6) is 0 Å². The number of halogens is 1. The van der Waals surface area contributed by atoms with Crippen LogP contribution in [-0.4, -0.2) is 17.0 Å². The Kier molecular flexibility index (Phi) is 5.56. The zero-order valence-corrected chi connectivity index (χ0v) is 13.5. The molecule has 0 unspecified atom stereocenters. The van der Waals surface area contributed by atoms with E-state index < -0.39 is 5.41 Å². The molecule has 4 N–H and O–H groups in total. The van der Waals surface area contributed by atoms with E-state index in [1.165, 1.54) is 0 Å². The van der Waals surface area contributed by atoms with Gasteiger partial charge in [-0.25, -0.2) is 0 Å².